The molecule has 1 heterocycles. The van der Waals surface area contributed by atoms with Crippen LogP contribution in [0.4, 0.5) is 0 Å². The molecule has 0 bridgehead atoms. The normalized spacial score (nSPS) is 12.1. The van der Waals surface area contributed by atoms with Gasteiger partial charge in [0.1, 0.15) is 30.8 Å². The van der Waals surface area contributed by atoms with Crippen LogP contribution in [0.5, 0.6) is 11.5 Å². The molecule has 0 spiro atoms. The second kappa shape index (κ2) is 10.6. The molecule has 29 heavy (non-hydrogen) atoms. The smallest absolute Gasteiger partial charge is 0.248 e. The summed E-state index contributed by atoms with van der Waals surface area (Å²) in [5.41, 5.74) is 1.49. The molecule has 154 valence electrons. The summed E-state index contributed by atoms with van der Waals surface area (Å²) in [6.45, 7) is 1.30. The quantitative estimate of drug-likeness (QED) is 0.365. The van der Waals surface area contributed by atoms with E-state index >= 15 is 0 Å². The second-order valence-corrected chi connectivity index (χ2v) is 6.65. The summed E-state index contributed by atoms with van der Waals surface area (Å²) >= 11 is 0. The standard InChI is InChI=1S/C22H26N2O5/c25-12-13-28-20-8-7-19(18-6-9-21(27)24-22(18)20)29-15-17(26)14-23-11-10-16-4-2-1-3-5-16/h1-9,17,23,25-26H,10-15H2,(H,24,27). The highest BCUT2D eigenvalue weighted by Gasteiger charge is 2.11. The van der Waals surface area contributed by atoms with E-state index in [4.69, 9.17) is 14.6 Å². The molecule has 1 unspecified atom stereocenters. The number of pyridine rings is 1. The van der Waals surface area contributed by atoms with Crippen LogP contribution < -0.4 is 20.3 Å². The van der Waals surface area contributed by atoms with Gasteiger partial charge in [0.25, 0.3) is 0 Å². The average molecular weight is 398 g/mol. The predicted octanol–water partition coefficient (Wildman–Crippen LogP) is 1.47. The Hall–Kier alpha value is -2.87. The SMILES string of the molecule is O=c1ccc2c(OCC(O)CNCCc3ccccc3)ccc(OCCO)c2[nH]1. The van der Waals surface area contributed by atoms with Crippen molar-refractivity contribution in [2.45, 2.75) is 12.5 Å². The Balaban J connectivity index is 1.55. The minimum Gasteiger partial charge on any atom is -0.490 e. The number of aromatic nitrogens is 1. The van der Waals surface area contributed by atoms with Crippen LogP contribution in [-0.2, 0) is 6.42 Å². The zero-order valence-electron chi connectivity index (χ0n) is 16.1. The van der Waals surface area contributed by atoms with E-state index in [-0.39, 0.29) is 25.4 Å². The first-order valence-corrected chi connectivity index (χ1v) is 9.62. The van der Waals surface area contributed by atoms with Gasteiger partial charge in [-0.15, -0.1) is 0 Å². The van der Waals surface area contributed by atoms with E-state index in [1.165, 1.54) is 11.6 Å². The second-order valence-electron chi connectivity index (χ2n) is 6.65. The summed E-state index contributed by atoms with van der Waals surface area (Å²) in [7, 11) is 0. The third-order valence-electron chi connectivity index (χ3n) is 4.41. The third kappa shape index (κ3) is 6.05. The lowest BCUT2D eigenvalue weighted by molar-refractivity contribution is 0.107. The number of hydrogen-bond donors (Lipinski definition) is 4. The molecule has 2 aromatic carbocycles. The molecule has 0 saturated carbocycles. The maximum Gasteiger partial charge on any atom is 0.248 e. The van der Waals surface area contributed by atoms with Crippen molar-refractivity contribution < 1.29 is 19.7 Å². The molecule has 1 atom stereocenters. The molecule has 7 nitrogen and oxygen atoms in total. The fourth-order valence-corrected chi connectivity index (χ4v) is 2.99. The van der Waals surface area contributed by atoms with Crippen LogP contribution in [0, 0.1) is 0 Å². The molecule has 0 aliphatic carbocycles. The van der Waals surface area contributed by atoms with Crippen LogP contribution in [0.2, 0.25) is 0 Å². The number of aromatic amines is 1. The zero-order chi connectivity index (χ0) is 20.5. The monoisotopic (exact) mass is 398 g/mol. The Kier molecular flexibility index (Phi) is 7.63. The predicted molar refractivity (Wildman–Crippen MR) is 112 cm³/mol. The first-order valence-electron chi connectivity index (χ1n) is 9.62. The zero-order valence-corrected chi connectivity index (χ0v) is 16.1. The third-order valence-corrected chi connectivity index (χ3v) is 4.41. The van der Waals surface area contributed by atoms with Gasteiger partial charge in [0, 0.05) is 18.0 Å². The fraction of sp³-hybridized carbons (Fsp3) is 0.318. The highest BCUT2D eigenvalue weighted by Crippen LogP contribution is 2.31. The van der Waals surface area contributed by atoms with Gasteiger partial charge in [0.15, 0.2) is 0 Å². The van der Waals surface area contributed by atoms with Crippen molar-refractivity contribution in [1.82, 2.24) is 10.3 Å². The van der Waals surface area contributed by atoms with Gasteiger partial charge < -0.3 is 30.0 Å². The number of benzene rings is 2. The summed E-state index contributed by atoms with van der Waals surface area (Å²) in [6.07, 6.45) is 0.218. The van der Waals surface area contributed by atoms with E-state index in [1.54, 1.807) is 18.2 Å². The van der Waals surface area contributed by atoms with Crippen molar-refractivity contribution in [3.63, 3.8) is 0 Å². The lowest BCUT2D eigenvalue weighted by atomic mass is 10.1. The number of ether oxygens (including phenoxy) is 2. The molecule has 0 aliphatic heterocycles. The molecule has 4 N–H and O–H groups in total. The maximum atomic E-state index is 11.7. The van der Waals surface area contributed by atoms with E-state index in [1.807, 2.05) is 18.2 Å². The number of H-pyrrole nitrogens is 1. The van der Waals surface area contributed by atoms with Gasteiger partial charge in [0.2, 0.25) is 5.56 Å². The summed E-state index contributed by atoms with van der Waals surface area (Å²) in [6, 6.07) is 16.6. The van der Waals surface area contributed by atoms with Crippen LogP contribution in [0.25, 0.3) is 10.9 Å². The Morgan fingerprint density at radius 3 is 2.59 bits per heavy atom. The van der Waals surface area contributed by atoms with Gasteiger partial charge >= 0.3 is 0 Å². The average Bonchev–Trinajstić information content (AvgIpc) is 2.74. The Morgan fingerprint density at radius 1 is 1.00 bits per heavy atom. The van der Waals surface area contributed by atoms with Crippen molar-refractivity contribution in [3.8, 4) is 11.5 Å². The van der Waals surface area contributed by atoms with E-state index in [0.29, 0.717) is 28.9 Å². The number of aliphatic hydroxyl groups excluding tert-OH is 2. The molecule has 7 heteroatoms. The molecule has 0 saturated heterocycles. The molecular weight excluding hydrogens is 372 g/mol. The number of hydrogen-bond acceptors (Lipinski definition) is 6. The largest absolute Gasteiger partial charge is 0.490 e. The van der Waals surface area contributed by atoms with Gasteiger partial charge in [-0.05, 0) is 36.7 Å². The Bertz CT molecular complexity index is 958. The van der Waals surface area contributed by atoms with Crippen molar-refractivity contribution in [2.75, 3.05) is 32.9 Å². The van der Waals surface area contributed by atoms with E-state index in [0.717, 1.165) is 13.0 Å². The van der Waals surface area contributed by atoms with E-state index in [9.17, 15) is 9.90 Å². The van der Waals surface area contributed by atoms with Crippen LogP contribution in [0.1, 0.15) is 5.56 Å². The molecule has 0 aliphatic rings. The minimum atomic E-state index is -0.672. The van der Waals surface area contributed by atoms with E-state index < -0.39 is 6.10 Å². The molecule has 0 fully saturated rings. The maximum absolute atomic E-state index is 11.7. The minimum absolute atomic E-state index is 0.114. The molecule has 0 amide bonds. The van der Waals surface area contributed by atoms with Crippen molar-refractivity contribution >= 4 is 10.9 Å². The van der Waals surface area contributed by atoms with Crippen LogP contribution >= 0.6 is 0 Å². The van der Waals surface area contributed by atoms with Crippen molar-refractivity contribution in [3.05, 3.63) is 70.5 Å². The molecule has 1 aromatic heterocycles. The van der Waals surface area contributed by atoms with Crippen LogP contribution in [0.15, 0.2) is 59.4 Å². The van der Waals surface area contributed by atoms with Gasteiger partial charge in [-0.1, -0.05) is 30.3 Å². The lowest BCUT2D eigenvalue weighted by Gasteiger charge is -2.16. The summed E-state index contributed by atoms with van der Waals surface area (Å²) in [5, 5.41) is 23.0. The molecule has 3 rings (SSSR count). The summed E-state index contributed by atoms with van der Waals surface area (Å²) in [4.78, 5) is 14.4. The first-order chi connectivity index (χ1) is 14.2. The van der Waals surface area contributed by atoms with Gasteiger partial charge in [0.05, 0.1) is 12.1 Å². The van der Waals surface area contributed by atoms with Gasteiger partial charge in [-0.3, -0.25) is 4.79 Å². The highest BCUT2D eigenvalue weighted by molar-refractivity contribution is 5.89. The first kappa shape index (κ1) is 20.9. The van der Waals surface area contributed by atoms with Gasteiger partial charge in [-0.2, -0.15) is 0 Å². The molecular formula is C22H26N2O5. The Morgan fingerprint density at radius 2 is 1.79 bits per heavy atom. The van der Waals surface area contributed by atoms with Crippen molar-refractivity contribution in [1.29, 1.82) is 0 Å². The highest BCUT2D eigenvalue weighted by atomic mass is 16.5. The lowest BCUT2D eigenvalue weighted by Crippen LogP contribution is -2.32. The van der Waals surface area contributed by atoms with Crippen molar-refractivity contribution in [2.24, 2.45) is 0 Å². The fourth-order valence-electron chi connectivity index (χ4n) is 2.99. The van der Waals surface area contributed by atoms with Crippen LogP contribution in [-0.4, -0.2) is 54.2 Å². The number of rotatable bonds is 11. The van der Waals surface area contributed by atoms with Crippen LogP contribution in [0.3, 0.4) is 0 Å². The molecule has 0 radical (unpaired) electrons. The Labute approximate surface area is 168 Å². The topological polar surface area (TPSA) is 104 Å². The summed E-state index contributed by atoms with van der Waals surface area (Å²) < 4.78 is 11.2. The molecule has 3 aromatic rings. The number of nitrogens with one attached hydrogen (secondary N) is 2. The summed E-state index contributed by atoms with van der Waals surface area (Å²) in [5.74, 6) is 0.998. The number of aliphatic hydroxyl groups is 2. The number of fused-ring (bicyclic) bond motifs is 1. The van der Waals surface area contributed by atoms with Gasteiger partial charge in [-0.25, -0.2) is 0 Å². The van der Waals surface area contributed by atoms with E-state index in [2.05, 4.69) is 22.4 Å².